The molecule has 0 saturated heterocycles. The van der Waals surface area contributed by atoms with E-state index in [1.165, 1.54) is 17.0 Å². The van der Waals surface area contributed by atoms with Crippen LogP contribution in [0.4, 0.5) is 10.1 Å². The molecule has 0 bridgehead atoms. The molecule has 0 spiro atoms. The van der Waals surface area contributed by atoms with Gasteiger partial charge in [-0.1, -0.05) is 6.08 Å². The van der Waals surface area contributed by atoms with E-state index in [0.29, 0.717) is 17.8 Å². The first-order chi connectivity index (χ1) is 7.15. The monoisotopic (exact) mass is 242 g/mol. The lowest BCUT2D eigenvalue weighted by Gasteiger charge is -2.14. The van der Waals surface area contributed by atoms with Crippen LogP contribution >= 0.6 is 12.4 Å². The summed E-state index contributed by atoms with van der Waals surface area (Å²) in [7, 11) is 0. The summed E-state index contributed by atoms with van der Waals surface area (Å²) in [6.07, 6.45) is 1.61. The highest BCUT2D eigenvalue weighted by Crippen LogP contribution is 2.34. The van der Waals surface area contributed by atoms with Gasteiger partial charge in [0.05, 0.1) is 0 Å². The predicted octanol–water partition coefficient (Wildman–Crippen LogP) is 1.78. The van der Waals surface area contributed by atoms with Gasteiger partial charge >= 0.3 is 0 Å². The van der Waals surface area contributed by atoms with Crippen LogP contribution in [-0.2, 0) is 4.79 Å². The van der Waals surface area contributed by atoms with Crippen molar-refractivity contribution in [2.75, 3.05) is 11.4 Å². The first-order valence-corrected chi connectivity index (χ1v) is 4.62. The van der Waals surface area contributed by atoms with E-state index in [1.807, 2.05) is 0 Å². The molecular formula is C11H12ClFN2O. The van der Waals surface area contributed by atoms with Crippen LogP contribution < -0.4 is 10.6 Å². The van der Waals surface area contributed by atoms with Crippen LogP contribution in [0.2, 0.25) is 0 Å². The lowest BCUT2D eigenvalue weighted by Crippen LogP contribution is -2.31. The summed E-state index contributed by atoms with van der Waals surface area (Å²) in [4.78, 5) is 13.2. The van der Waals surface area contributed by atoms with Crippen molar-refractivity contribution in [3.63, 3.8) is 0 Å². The van der Waals surface area contributed by atoms with Gasteiger partial charge in [0.1, 0.15) is 11.9 Å². The number of hydrogen-bond acceptors (Lipinski definition) is 2. The van der Waals surface area contributed by atoms with Gasteiger partial charge in [0.2, 0.25) is 5.91 Å². The molecule has 86 valence electrons. The Morgan fingerprint density at radius 3 is 2.88 bits per heavy atom. The number of nitrogens with zero attached hydrogens (tertiary/aromatic N) is 1. The zero-order valence-electron chi connectivity index (χ0n) is 8.52. The second-order valence-corrected chi connectivity index (χ2v) is 3.42. The number of nitrogens with two attached hydrogens (primary N) is 1. The molecule has 1 aliphatic rings. The van der Waals surface area contributed by atoms with E-state index in [4.69, 9.17) is 5.73 Å². The molecule has 1 aliphatic heterocycles. The number of hydrogen-bond donors (Lipinski definition) is 1. The average Bonchev–Trinajstić information content (AvgIpc) is 2.44. The summed E-state index contributed by atoms with van der Waals surface area (Å²) < 4.78 is 13.0. The van der Waals surface area contributed by atoms with Crippen LogP contribution in [0.25, 0.3) is 0 Å². The molecule has 3 nitrogen and oxygen atoms in total. The molecule has 1 amide bonds. The zero-order valence-corrected chi connectivity index (χ0v) is 9.34. The summed E-state index contributed by atoms with van der Waals surface area (Å²) in [5, 5.41) is 0. The molecule has 1 atom stereocenters. The number of amides is 1. The smallest absolute Gasteiger partial charge is 0.248 e. The van der Waals surface area contributed by atoms with Gasteiger partial charge < -0.3 is 10.6 Å². The molecule has 1 heterocycles. The summed E-state index contributed by atoms with van der Waals surface area (Å²) >= 11 is 0. The second kappa shape index (κ2) is 4.63. The SMILES string of the molecule is C=CCN1C(=O)C(N)c2cc(F)ccc21.Cl. The minimum atomic E-state index is -0.754. The fourth-order valence-corrected chi connectivity index (χ4v) is 1.76. The molecule has 16 heavy (non-hydrogen) atoms. The first kappa shape index (κ1) is 12.7. The van der Waals surface area contributed by atoms with Gasteiger partial charge in [0.25, 0.3) is 0 Å². The number of benzene rings is 1. The van der Waals surface area contributed by atoms with Crippen molar-refractivity contribution in [3.8, 4) is 0 Å². The molecule has 0 aliphatic carbocycles. The van der Waals surface area contributed by atoms with Crippen LogP contribution in [0, 0.1) is 5.82 Å². The zero-order chi connectivity index (χ0) is 11.0. The molecule has 0 fully saturated rings. The Balaban J connectivity index is 0.00000128. The Kier molecular flexibility index (Phi) is 3.67. The summed E-state index contributed by atoms with van der Waals surface area (Å²) in [5.74, 6) is -0.590. The van der Waals surface area contributed by atoms with E-state index >= 15 is 0 Å². The number of rotatable bonds is 2. The molecule has 1 unspecified atom stereocenters. The fourth-order valence-electron chi connectivity index (χ4n) is 1.76. The molecule has 0 saturated carbocycles. The molecule has 0 aromatic heterocycles. The van der Waals surface area contributed by atoms with Crippen LogP contribution in [0.1, 0.15) is 11.6 Å². The maximum atomic E-state index is 13.0. The summed E-state index contributed by atoms with van der Waals surface area (Å²) in [5.41, 5.74) is 6.91. The van der Waals surface area contributed by atoms with Gasteiger partial charge in [-0.2, -0.15) is 0 Å². The Labute approximate surface area is 99.1 Å². The third kappa shape index (κ3) is 1.81. The number of fused-ring (bicyclic) bond motifs is 1. The molecular weight excluding hydrogens is 231 g/mol. The van der Waals surface area contributed by atoms with Crippen molar-refractivity contribution in [3.05, 3.63) is 42.2 Å². The lowest BCUT2D eigenvalue weighted by atomic mass is 10.1. The number of carbonyl (C=O) groups is 1. The van der Waals surface area contributed by atoms with E-state index in [1.54, 1.807) is 12.1 Å². The Bertz CT molecular complexity index is 436. The Morgan fingerprint density at radius 2 is 2.25 bits per heavy atom. The average molecular weight is 243 g/mol. The Hall–Kier alpha value is -1.39. The quantitative estimate of drug-likeness (QED) is 0.804. The number of anilines is 1. The number of halogens is 2. The van der Waals surface area contributed by atoms with Crippen molar-refractivity contribution in [2.24, 2.45) is 5.73 Å². The van der Waals surface area contributed by atoms with Gasteiger partial charge in [0.15, 0.2) is 0 Å². The lowest BCUT2D eigenvalue weighted by molar-refractivity contribution is -0.119. The van der Waals surface area contributed by atoms with Crippen LogP contribution in [0.3, 0.4) is 0 Å². The number of carbonyl (C=O) groups excluding carboxylic acids is 1. The van der Waals surface area contributed by atoms with Crippen molar-refractivity contribution in [2.45, 2.75) is 6.04 Å². The summed E-state index contributed by atoms with van der Waals surface area (Å²) in [6, 6.07) is 3.44. The van der Waals surface area contributed by atoms with Crippen molar-refractivity contribution in [1.29, 1.82) is 0 Å². The normalized spacial score (nSPS) is 18.0. The van der Waals surface area contributed by atoms with E-state index in [2.05, 4.69) is 6.58 Å². The highest BCUT2D eigenvalue weighted by atomic mass is 35.5. The minimum Gasteiger partial charge on any atom is -0.316 e. The topological polar surface area (TPSA) is 46.3 Å². The van der Waals surface area contributed by atoms with E-state index in [9.17, 15) is 9.18 Å². The minimum absolute atomic E-state index is 0. The predicted molar refractivity (Wildman–Crippen MR) is 63.1 cm³/mol. The summed E-state index contributed by atoms with van der Waals surface area (Å²) in [6.45, 7) is 3.96. The maximum absolute atomic E-state index is 13.0. The molecule has 2 N–H and O–H groups in total. The molecule has 1 aromatic rings. The third-order valence-electron chi connectivity index (χ3n) is 2.46. The van der Waals surface area contributed by atoms with Gasteiger partial charge in [0, 0.05) is 17.8 Å². The van der Waals surface area contributed by atoms with Gasteiger partial charge in [-0.3, -0.25) is 4.79 Å². The first-order valence-electron chi connectivity index (χ1n) is 4.62. The van der Waals surface area contributed by atoms with E-state index < -0.39 is 6.04 Å². The maximum Gasteiger partial charge on any atom is 0.248 e. The highest BCUT2D eigenvalue weighted by Gasteiger charge is 2.34. The van der Waals surface area contributed by atoms with Crippen LogP contribution in [-0.4, -0.2) is 12.5 Å². The third-order valence-corrected chi connectivity index (χ3v) is 2.46. The largest absolute Gasteiger partial charge is 0.316 e. The second-order valence-electron chi connectivity index (χ2n) is 3.42. The van der Waals surface area contributed by atoms with E-state index in [0.717, 1.165) is 0 Å². The van der Waals surface area contributed by atoms with Gasteiger partial charge in [-0.25, -0.2) is 4.39 Å². The van der Waals surface area contributed by atoms with Crippen LogP contribution in [0.15, 0.2) is 30.9 Å². The Morgan fingerprint density at radius 1 is 1.56 bits per heavy atom. The van der Waals surface area contributed by atoms with Gasteiger partial charge in [-0.15, -0.1) is 19.0 Å². The van der Waals surface area contributed by atoms with Crippen LogP contribution in [0.5, 0.6) is 0 Å². The molecule has 1 aromatic carbocycles. The van der Waals surface area contributed by atoms with Crippen molar-refractivity contribution < 1.29 is 9.18 Å². The van der Waals surface area contributed by atoms with Crippen molar-refractivity contribution in [1.82, 2.24) is 0 Å². The van der Waals surface area contributed by atoms with Gasteiger partial charge in [-0.05, 0) is 18.2 Å². The molecule has 0 radical (unpaired) electrons. The molecule has 5 heteroatoms. The van der Waals surface area contributed by atoms with Crippen molar-refractivity contribution >= 4 is 24.0 Å². The highest BCUT2D eigenvalue weighted by molar-refractivity contribution is 6.04. The molecule has 2 rings (SSSR count). The standard InChI is InChI=1S/C11H11FN2O.ClH/c1-2-5-14-9-4-3-7(12)6-8(9)10(13)11(14)15;/h2-4,6,10H,1,5,13H2;1H. The van der Waals surface area contributed by atoms with E-state index in [-0.39, 0.29) is 24.1 Å². The fraction of sp³-hybridized carbons (Fsp3) is 0.182.